The standard InChI is InChI=1S/C11H19N5OS/c1-4-13-10(17)5-6-14-9-7-8(12-2)15-11(16-9)18-3/h7H,4-6H2,1-3H3,(H,13,17)(H2,12,14,15,16). The van der Waals surface area contributed by atoms with Gasteiger partial charge in [0, 0.05) is 32.6 Å². The average Bonchev–Trinajstić information content (AvgIpc) is 2.38. The van der Waals surface area contributed by atoms with Gasteiger partial charge in [-0.2, -0.15) is 0 Å². The quantitative estimate of drug-likeness (QED) is 0.509. The van der Waals surface area contributed by atoms with E-state index < -0.39 is 0 Å². The number of carbonyl (C=O) groups excluding carboxylic acids is 1. The Kier molecular flexibility index (Phi) is 6.27. The van der Waals surface area contributed by atoms with Crippen molar-refractivity contribution >= 4 is 29.3 Å². The van der Waals surface area contributed by atoms with Crippen molar-refractivity contribution in [3.8, 4) is 0 Å². The molecule has 0 fully saturated rings. The largest absolute Gasteiger partial charge is 0.373 e. The van der Waals surface area contributed by atoms with Crippen molar-refractivity contribution in [3.63, 3.8) is 0 Å². The fourth-order valence-corrected chi connectivity index (χ4v) is 1.70. The normalized spacial score (nSPS) is 9.94. The summed E-state index contributed by atoms with van der Waals surface area (Å²) < 4.78 is 0. The van der Waals surface area contributed by atoms with E-state index in [0.29, 0.717) is 24.7 Å². The molecule has 7 heteroatoms. The zero-order valence-corrected chi connectivity index (χ0v) is 11.7. The van der Waals surface area contributed by atoms with E-state index in [9.17, 15) is 4.79 Å². The van der Waals surface area contributed by atoms with Gasteiger partial charge in [0.1, 0.15) is 11.6 Å². The topological polar surface area (TPSA) is 78.9 Å². The Balaban J connectivity index is 2.53. The molecule has 1 rings (SSSR count). The molecule has 0 unspecified atom stereocenters. The number of carbonyl (C=O) groups is 1. The number of nitrogens with one attached hydrogen (secondary N) is 3. The molecule has 0 saturated carbocycles. The van der Waals surface area contributed by atoms with Crippen molar-refractivity contribution < 1.29 is 4.79 Å². The van der Waals surface area contributed by atoms with Crippen LogP contribution in [0, 0.1) is 0 Å². The maximum Gasteiger partial charge on any atom is 0.221 e. The predicted molar refractivity (Wildman–Crippen MR) is 75.2 cm³/mol. The number of amides is 1. The predicted octanol–water partition coefficient (Wildman–Crippen LogP) is 1.18. The minimum absolute atomic E-state index is 0.0398. The van der Waals surface area contributed by atoms with Gasteiger partial charge in [-0.15, -0.1) is 0 Å². The Morgan fingerprint density at radius 3 is 2.72 bits per heavy atom. The molecule has 1 aromatic heterocycles. The molecule has 18 heavy (non-hydrogen) atoms. The van der Waals surface area contributed by atoms with Gasteiger partial charge in [-0.05, 0) is 13.2 Å². The lowest BCUT2D eigenvalue weighted by Gasteiger charge is -2.08. The van der Waals surface area contributed by atoms with Gasteiger partial charge in [-0.25, -0.2) is 9.97 Å². The van der Waals surface area contributed by atoms with Crippen LogP contribution in [0.2, 0.25) is 0 Å². The van der Waals surface area contributed by atoms with Crippen molar-refractivity contribution in [3.05, 3.63) is 6.07 Å². The summed E-state index contributed by atoms with van der Waals surface area (Å²) in [7, 11) is 1.81. The average molecular weight is 269 g/mol. The lowest BCUT2D eigenvalue weighted by Crippen LogP contribution is -2.24. The van der Waals surface area contributed by atoms with Crippen molar-refractivity contribution in [2.24, 2.45) is 0 Å². The highest BCUT2D eigenvalue weighted by Gasteiger charge is 2.04. The van der Waals surface area contributed by atoms with Crippen LogP contribution >= 0.6 is 11.8 Å². The molecule has 0 saturated heterocycles. The number of thioether (sulfide) groups is 1. The molecule has 0 aromatic carbocycles. The third kappa shape index (κ3) is 4.79. The van der Waals surface area contributed by atoms with Crippen LogP contribution in [0.4, 0.5) is 11.6 Å². The first kappa shape index (κ1) is 14.6. The molecular formula is C11H19N5OS. The molecule has 0 aliphatic heterocycles. The first-order chi connectivity index (χ1) is 8.69. The molecule has 1 aromatic rings. The van der Waals surface area contributed by atoms with Gasteiger partial charge in [0.05, 0.1) is 0 Å². The van der Waals surface area contributed by atoms with Crippen LogP contribution in [0.25, 0.3) is 0 Å². The Morgan fingerprint density at radius 1 is 1.39 bits per heavy atom. The Morgan fingerprint density at radius 2 is 2.11 bits per heavy atom. The highest BCUT2D eigenvalue weighted by Crippen LogP contribution is 2.16. The van der Waals surface area contributed by atoms with Crippen LogP contribution < -0.4 is 16.0 Å². The maximum absolute atomic E-state index is 11.3. The first-order valence-electron chi connectivity index (χ1n) is 5.81. The molecule has 0 aliphatic carbocycles. The van der Waals surface area contributed by atoms with E-state index in [1.165, 1.54) is 11.8 Å². The van der Waals surface area contributed by atoms with E-state index in [1.54, 1.807) is 0 Å². The van der Waals surface area contributed by atoms with Crippen molar-refractivity contribution in [2.45, 2.75) is 18.5 Å². The minimum atomic E-state index is 0.0398. The molecule has 1 amide bonds. The summed E-state index contributed by atoms with van der Waals surface area (Å²) in [4.78, 5) is 19.9. The van der Waals surface area contributed by atoms with Crippen LogP contribution in [-0.2, 0) is 4.79 Å². The molecule has 0 bridgehead atoms. The van der Waals surface area contributed by atoms with E-state index in [-0.39, 0.29) is 5.91 Å². The van der Waals surface area contributed by atoms with E-state index in [0.717, 1.165) is 11.6 Å². The van der Waals surface area contributed by atoms with Crippen LogP contribution in [0.1, 0.15) is 13.3 Å². The summed E-state index contributed by atoms with van der Waals surface area (Å²) in [6.07, 6.45) is 2.36. The second kappa shape index (κ2) is 7.75. The van der Waals surface area contributed by atoms with E-state index in [1.807, 2.05) is 26.3 Å². The SMILES string of the molecule is CCNC(=O)CCNc1cc(NC)nc(SC)n1. The number of hydrogen-bond acceptors (Lipinski definition) is 6. The Hall–Kier alpha value is -1.50. The van der Waals surface area contributed by atoms with E-state index in [4.69, 9.17) is 0 Å². The summed E-state index contributed by atoms with van der Waals surface area (Å²) in [5, 5.41) is 9.54. The summed E-state index contributed by atoms with van der Waals surface area (Å²) in [5.41, 5.74) is 0. The number of hydrogen-bond donors (Lipinski definition) is 3. The van der Waals surface area contributed by atoms with Crippen molar-refractivity contribution in [1.29, 1.82) is 0 Å². The molecule has 6 nitrogen and oxygen atoms in total. The zero-order chi connectivity index (χ0) is 13.4. The molecular weight excluding hydrogens is 250 g/mol. The van der Waals surface area contributed by atoms with Crippen LogP contribution in [0.3, 0.4) is 0 Å². The molecule has 0 spiro atoms. The molecule has 0 radical (unpaired) electrons. The highest BCUT2D eigenvalue weighted by atomic mass is 32.2. The minimum Gasteiger partial charge on any atom is -0.373 e. The maximum atomic E-state index is 11.3. The second-order valence-corrected chi connectivity index (χ2v) is 4.28. The third-order valence-corrected chi connectivity index (χ3v) is 2.72. The second-order valence-electron chi connectivity index (χ2n) is 3.51. The summed E-state index contributed by atoms with van der Waals surface area (Å²) >= 11 is 1.48. The van der Waals surface area contributed by atoms with Gasteiger partial charge in [0.2, 0.25) is 5.91 Å². The molecule has 0 atom stereocenters. The lowest BCUT2D eigenvalue weighted by molar-refractivity contribution is -0.120. The van der Waals surface area contributed by atoms with E-state index in [2.05, 4.69) is 25.9 Å². The van der Waals surface area contributed by atoms with Crippen molar-refractivity contribution in [1.82, 2.24) is 15.3 Å². The first-order valence-corrected chi connectivity index (χ1v) is 7.03. The van der Waals surface area contributed by atoms with Crippen molar-refractivity contribution in [2.75, 3.05) is 37.0 Å². The zero-order valence-electron chi connectivity index (χ0n) is 10.9. The van der Waals surface area contributed by atoms with Gasteiger partial charge in [0.15, 0.2) is 5.16 Å². The third-order valence-electron chi connectivity index (χ3n) is 2.18. The van der Waals surface area contributed by atoms with Crippen LogP contribution in [0.15, 0.2) is 11.2 Å². The number of aromatic nitrogens is 2. The smallest absolute Gasteiger partial charge is 0.221 e. The van der Waals surface area contributed by atoms with Gasteiger partial charge in [0.25, 0.3) is 0 Å². The fraction of sp³-hybridized carbons (Fsp3) is 0.545. The van der Waals surface area contributed by atoms with Gasteiger partial charge >= 0.3 is 0 Å². The molecule has 1 heterocycles. The number of anilines is 2. The molecule has 3 N–H and O–H groups in total. The highest BCUT2D eigenvalue weighted by molar-refractivity contribution is 7.98. The Labute approximate surface area is 111 Å². The summed E-state index contributed by atoms with van der Waals surface area (Å²) in [6.45, 7) is 3.12. The lowest BCUT2D eigenvalue weighted by atomic mass is 10.4. The molecule has 100 valence electrons. The van der Waals surface area contributed by atoms with E-state index >= 15 is 0 Å². The number of rotatable bonds is 7. The Bertz CT molecular complexity index is 377. The monoisotopic (exact) mass is 269 g/mol. The number of nitrogens with zero attached hydrogens (tertiary/aromatic N) is 2. The fourth-order valence-electron chi connectivity index (χ4n) is 1.32. The van der Waals surface area contributed by atoms with Crippen LogP contribution in [0.5, 0.6) is 0 Å². The molecule has 0 aliphatic rings. The summed E-state index contributed by atoms with van der Waals surface area (Å²) in [6, 6.07) is 1.82. The van der Waals surface area contributed by atoms with Gasteiger partial charge in [-0.3, -0.25) is 4.79 Å². The van der Waals surface area contributed by atoms with Gasteiger partial charge < -0.3 is 16.0 Å². The van der Waals surface area contributed by atoms with Gasteiger partial charge in [-0.1, -0.05) is 11.8 Å². The van der Waals surface area contributed by atoms with Crippen LogP contribution in [-0.4, -0.2) is 42.3 Å². The summed E-state index contributed by atoms with van der Waals surface area (Å²) in [5.74, 6) is 1.52.